The van der Waals surface area contributed by atoms with Crippen molar-refractivity contribution in [2.45, 2.75) is 24.0 Å². The van der Waals surface area contributed by atoms with Gasteiger partial charge in [0.2, 0.25) is 0 Å². The topological polar surface area (TPSA) is 15.3 Å². The van der Waals surface area contributed by atoms with E-state index in [0.29, 0.717) is 0 Å². The Hall–Kier alpha value is -0.462. The second-order valence-electron chi connectivity index (χ2n) is 5.15. The van der Waals surface area contributed by atoms with E-state index in [-0.39, 0.29) is 0 Å². The van der Waals surface area contributed by atoms with Crippen LogP contribution in [0.1, 0.15) is 17.5 Å². The zero-order valence-corrected chi connectivity index (χ0v) is 12.7. The van der Waals surface area contributed by atoms with Gasteiger partial charge in [-0.2, -0.15) is 0 Å². The summed E-state index contributed by atoms with van der Waals surface area (Å²) in [7, 11) is 0. The molecule has 1 heterocycles. The van der Waals surface area contributed by atoms with Crippen LogP contribution in [-0.2, 0) is 12.8 Å². The molecule has 3 heteroatoms. The minimum absolute atomic E-state index is 0.916. The molecule has 2 aliphatic rings. The van der Waals surface area contributed by atoms with E-state index in [4.69, 9.17) is 0 Å². The second-order valence-corrected chi connectivity index (χ2v) is 7.13. The third kappa shape index (κ3) is 2.39. The number of anilines is 1. The van der Waals surface area contributed by atoms with E-state index < -0.39 is 0 Å². The number of hydrogen-bond acceptors (Lipinski definition) is 2. The van der Waals surface area contributed by atoms with E-state index in [1.807, 2.05) is 16.9 Å². The van der Waals surface area contributed by atoms with Gasteiger partial charge in [-0.1, -0.05) is 0 Å². The van der Waals surface area contributed by atoms with Crippen molar-refractivity contribution in [1.29, 1.82) is 0 Å². The van der Waals surface area contributed by atoms with Crippen LogP contribution < -0.4 is 10.2 Å². The van der Waals surface area contributed by atoms with E-state index >= 15 is 0 Å². The minimum atomic E-state index is 0.916. The molecule has 0 spiro atoms. The van der Waals surface area contributed by atoms with Gasteiger partial charge in [0.05, 0.1) is 0 Å². The number of hydrogen-bond donors (Lipinski definition) is 1. The molecule has 0 bridgehead atoms. The number of rotatable bonds is 1. The van der Waals surface area contributed by atoms with E-state index in [9.17, 15) is 0 Å². The number of benzene rings is 1. The molecule has 1 aliphatic heterocycles. The molecule has 1 N–H and O–H groups in total. The van der Waals surface area contributed by atoms with Crippen LogP contribution in [0.4, 0.5) is 5.69 Å². The summed E-state index contributed by atoms with van der Waals surface area (Å²) in [5, 5.41) is 3.43. The fourth-order valence-corrected chi connectivity index (χ4v) is 3.84. The predicted molar refractivity (Wildman–Crippen MR) is 75.8 cm³/mol. The fraction of sp³-hybridized carbons (Fsp3) is 0.571. The number of piperazine rings is 1. The molecule has 1 saturated heterocycles. The molecule has 1 fully saturated rings. The first-order valence-corrected chi connectivity index (χ1v) is 8.06. The molecule has 1 unspecified atom stereocenters. The van der Waals surface area contributed by atoms with Gasteiger partial charge in [0.1, 0.15) is 0 Å². The van der Waals surface area contributed by atoms with Crippen LogP contribution >= 0.6 is 0 Å². The maximum atomic E-state index is 3.43. The molecule has 17 heavy (non-hydrogen) atoms. The van der Waals surface area contributed by atoms with E-state index in [0.717, 1.165) is 30.9 Å². The Kier molecular flexibility index (Phi) is 3.44. The molecule has 0 aromatic heterocycles. The van der Waals surface area contributed by atoms with Gasteiger partial charge in [0.15, 0.2) is 0 Å². The van der Waals surface area contributed by atoms with Gasteiger partial charge in [-0.05, 0) is 0 Å². The van der Waals surface area contributed by atoms with E-state index in [2.05, 4.69) is 28.4 Å². The van der Waals surface area contributed by atoms with Crippen molar-refractivity contribution < 1.29 is 0 Å². The second kappa shape index (κ2) is 5.04. The van der Waals surface area contributed by atoms with Gasteiger partial charge < -0.3 is 0 Å². The first kappa shape index (κ1) is 11.6. The first-order valence-electron chi connectivity index (χ1n) is 6.66. The summed E-state index contributed by atoms with van der Waals surface area (Å²) in [5.74, 6) is 0. The van der Waals surface area contributed by atoms with Crippen LogP contribution in [0.2, 0.25) is 4.71 Å². The summed E-state index contributed by atoms with van der Waals surface area (Å²) < 4.78 is 0.916. The summed E-state index contributed by atoms with van der Waals surface area (Å²) in [4.78, 5) is 2.57. The van der Waals surface area contributed by atoms with Gasteiger partial charge in [0, 0.05) is 0 Å². The van der Waals surface area contributed by atoms with E-state index in [1.54, 1.807) is 11.1 Å². The average Bonchev–Trinajstić information content (AvgIpc) is 2.39. The molecular formula is C14H21AsN2. The number of nitrogens with zero attached hydrogens (tertiary/aromatic N) is 1. The zero-order chi connectivity index (χ0) is 11.7. The summed E-state index contributed by atoms with van der Waals surface area (Å²) in [6, 6.07) is 6.91. The number of fused-ring (bicyclic) bond motifs is 1. The third-order valence-corrected chi connectivity index (χ3v) is 5.15. The number of nitrogens with one attached hydrogen (secondary N) is 1. The van der Waals surface area contributed by atoms with Crippen LogP contribution in [0.25, 0.3) is 0 Å². The van der Waals surface area contributed by atoms with Gasteiger partial charge in [0.25, 0.3) is 0 Å². The summed E-state index contributed by atoms with van der Waals surface area (Å²) in [5.41, 5.74) is 4.77. The first-order chi connectivity index (χ1) is 8.34. The van der Waals surface area contributed by atoms with Crippen molar-refractivity contribution in [3.05, 3.63) is 29.3 Å². The molecule has 1 aliphatic carbocycles. The summed E-state index contributed by atoms with van der Waals surface area (Å²) in [6.07, 6.45) is 3.98. The number of aryl methyl sites for hydroxylation is 1. The van der Waals surface area contributed by atoms with Gasteiger partial charge in [-0.25, -0.2) is 0 Å². The Morgan fingerprint density at radius 2 is 2.06 bits per heavy atom. The van der Waals surface area contributed by atoms with Crippen molar-refractivity contribution in [3.8, 4) is 0 Å². The Morgan fingerprint density at radius 1 is 1.24 bits per heavy atom. The molecular weight excluding hydrogens is 271 g/mol. The molecule has 0 radical (unpaired) electrons. The Balaban J connectivity index is 1.93. The van der Waals surface area contributed by atoms with E-state index in [1.165, 1.54) is 24.9 Å². The van der Waals surface area contributed by atoms with Crippen LogP contribution in [0, 0.1) is 0 Å². The van der Waals surface area contributed by atoms with Crippen LogP contribution in [0.5, 0.6) is 0 Å². The monoisotopic (exact) mass is 292 g/mol. The van der Waals surface area contributed by atoms with Gasteiger partial charge in [-0.15, -0.1) is 0 Å². The van der Waals surface area contributed by atoms with Crippen molar-refractivity contribution in [3.63, 3.8) is 0 Å². The van der Waals surface area contributed by atoms with Crippen molar-refractivity contribution in [1.82, 2.24) is 5.32 Å². The van der Waals surface area contributed by atoms with Crippen LogP contribution in [-0.4, -0.2) is 43.0 Å². The molecule has 0 amide bonds. The van der Waals surface area contributed by atoms with Crippen molar-refractivity contribution in [2.75, 3.05) is 31.1 Å². The van der Waals surface area contributed by atoms with Gasteiger partial charge in [-0.3, -0.25) is 0 Å². The normalized spacial score (nSPS) is 24.5. The van der Waals surface area contributed by atoms with Crippen LogP contribution in [0.15, 0.2) is 18.2 Å². The molecule has 2 atom stereocenters. The standard InChI is InChI=1S/C14H21AsN2/c15-12-5-4-11-2-1-3-14(13(11)10-12)17-8-6-16-7-9-17/h1-3,12,16H,4-10,15H2/t12-/m1/s1. The van der Waals surface area contributed by atoms with Gasteiger partial charge >= 0.3 is 112 Å². The molecule has 3 rings (SSSR count). The Bertz CT molecular complexity index is 399. The fourth-order valence-electron chi connectivity index (χ4n) is 3.00. The summed E-state index contributed by atoms with van der Waals surface area (Å²) >= 11 is 1.92. The molecule has 1 aromatic carbocycles. The Morgan fingerprint density at radius 3 is 2.88 bits per heavy atom. The summed E-state index contributed by atoms with van der Waals surface area (Å²) in [6.45, 7) is 4.58. The molecule has 1 aromatic rings. The van der Waals surface area contributed by atoms with Crippen molar-refractivity contribution in [2.24, 2.45) is 0 Å². The molecule has 2 nitrogen and oxygen atoms in total. The quantitative estimate of drug-likeness (QED) is 0.777. The SMILES string of the molecule is [AsH2][C@@H]1CCc2cccc(N3CCNCC3)c2C1. The molecule has 92 valence electrons. The molecule has 0 saturated carbocycles. The third-order valence-electron chi connectivity index (χ3n) is 3.96. The predicted octanol–water partition coefficient (Wildman–Crippen LogP) is 1.01. The van der Waals surface area contributed by atoms with Crippen LogP contribution in [0.3, 0.4) is 0 Å². The van der Waals surface area contributed by atoms with Crippen molar-refractivity contribution >= 4 is 22.5 Å². The Labute approximate surface area is 112 Å². The average molecular weight is 292 g/mol. The zero-order valence-electron chi connectivity index (χ0n) is 10.3. The maximum absolute atomic E-state index is 3.43.